The second-order valence-corrected chi connectivity index (χ2v) is 2.64. The summed E-state index contributed by atoms with van der Waals surface area (Å²) in [6, 6.07) is 0. The maximum atomic E-state index is 9.11. The van der Waals surface area contributed by atoms with E-state index in [0.717, 1.165) is 11.1 Å². The molecule has 0 aromatic heterocycles. The molecule has 0 spiro atoms. The topological polar surface area (TPSA) is 20.2 Å². The molecule has 10 heavy (non-hydrogen) atoms. The van der Waals surface area contributed by atoms with E-state index in [1.54, 1.807) is 12.2 Å². The minimum Gasteiger partial charge on any atom is -0.508 e. The van der Waals surface area contributed by atoms with Gasteiger partial charge in [-0.3, -0.25) is 0 Å². The van der Waals surface area contributed by atoms with Crippen molar-refractivity contribution >= 4 is 0 Å². The van der Waals surface area contributed by atoms with E-state index in [2.05, 4.69) is 6.58 Å². The molecule has 0 aliphatic carbocycles. The fourth-order valence-corrected chi connectivity index (χ4v) is 0.590. The molecule has 0 amide bonds. The summed E-state index contributed by atoms with van der Waals surface area (Å²) in [5.41, 5.74) is 1.94. The van der Waals surface area contributed by atoms with E-state index in [-0.39, 0.29) is 5.76 Å². The largest absolute Gasteiger partial charge is 0.508 e. The number of aliphatic hydroxyl groups is 1. The first-order chi connectivity index (χ1) is 4.52. The zero-order valence-electron chi connectivity index (χ0n) is 6.81. The summed E-state index contributed by atoms with van der Waals surface area (Å²) < 4.78 is 0. The molecule has 0 fully saturated rings. The van der Waals surface area contributed by atoms with Crippen molar-refractivity contribution in [2.75, 3.05) is 0 Å². The molecule has 0 aromatic carbocycles. The van der Waals surface area contributed by atoms with Crippen LogP contribution in [0.25, 0.3) is 0 Å². The zero-order valence-corrected chi connectivity index (χ0v) is 6.81. The Labute approximate surface area is 62.4 Å². The summed E-state index contributed by atoms with van der Waals surface area (Å²) in [6.45, 7) is 9.35. The Morgan fingerprint density at radius 2 is 1.70 bits per heavy atom. The van der Waals surface area contributed by atoms with E-state index in [9.17, 15) is 0 Å². The minimum atomic E-state index is 0.271. The third-order valence-electron chi connectivity index (χ3n) is 0.831. The van der Waals surface area contributed by atoms with Crippen LogP contribution in [0.15, 0.2) is 35.6 Å². The van der Waals surface area contributed by atoms with Crippen LogP contribution in [0.2, 0.25) is 0 Å². The van der Waals surface area contributed by atoms with Gasteiger partial charge in [-0.15, -0.1) is 0 Å². The molecule has 56 valence electrons. The molecule has 1 heteroatoms. The summed E-state index contributed by atoms with van der Waals surface area (Å²) in [6.07, 6.45) is 3.34. The maximum Gasteiger partial charge on any atom is 0.115 e. The normalized spacial score (nSPS) is 10.9. The molecule has 0 unspecified atom stereocenters. The van der Waals surface area contributed by atoms with Gasteiger partial charge in [0.1, 0.15) is 5.76 Å². The first-order valence-electron chi connectivity index (χ1n) is 3.23. The predicted molar refractivity (Wildman–Crippen MR) is 45.0 cm³/mol. The lowest BCUT2D eigenvalue weighted by Gasteiger charge is -1.92. The number of hydrogen-bond donors (Lipinski definition) is 1. The van der Waals surface area contributed by atoms with E-state index < -0.39 is 0 Å². The molecule has 0 bridgehead atoms. The Morgan fingerprint density at radius 3 is 2.00 bits per heavy atom. The molecule has 0 radical (unpaired) electrons. The van der Waals surface area contributed by atoms with E-state index in [0.29, 0.717) is 0 Å². The first-order valence-corrected chi connectivity index (χ1v) is 3.23. The minimum absolute atomic E-state index is 0.271. The van der Waals surface area contributed by atoms with Crippen molar-refractivity contribution in [3.05, 3.63) is 35.6 Å². The lowest BCUT2D eigenvalue weighted by molar-refractivity contribution is 0.431. The van der Waals surface area contributed by atoms with E-state index in [1.807, 2.05) is 20.8 Å². The van der Waals surface area contributed by atoms with Gasteiger partial charge < -0.3 is 5.11 Å². The summed E-state index contributed by atoms with van der Waals surface area (Å²) >= 11 is 0. The van der Waals surface area contributed by atoms with Gasteiger partial charge in [-0.05, 0) is 32.9 Å². The lowest BCUT2D eigenvalue weighted by Crippen LogP contribution is -1.76. The van der Waals surface area contributed by atoms with E-state index in [1.165, 1.54) is 0 Å². The zero-order chi connectivity index (χ0) is 8.15. The van der Waals surface area contributed by atoms with Gasteiger partial charge in [-0.1, -0.05) is 17.7 Å². The SMILES string of the molecule is C=C(C)/C=C(/O)C=C(C)C. The van der Waals surface area contributed by atoms with Gasteiger partial charge in [0.25, 0.3) is 0 Å². The van der Waals surface area contributed by atoms with Crippen molar-refractivity contribution in [2.45, 2.75) is 20.8 Å². The van der Waals surface area contributed by atoms with Crippen LogP contribution < -0.4 is 0 Å². The fraction of sp³-hybridized carbons (Fsp3) is 0.333. The van der Waals surface area contributed by atoms with Crippen LogP contribution in [0.5, 0.6) is 0 Å². The van der Waals surface area contributed by atoms with Gasteiger partial charge in [-0.2, -0.15) is 0 Å². The number of rotatable bonds is 2. The molecule has 1 nitrogen and oxygen atoms in total. The average Bonchev–Trinajstić information content (AvgIpc) is 1.58. The molecule has 1 N–H and O–H groups in total. The second-order valence-electron chi connectivity index (χ2n) is 2.64. The number of aliphatic hydroxyl groups excluding tert-OH is 1. The van der Waals surface area contributed by atoms with Crippen LogP contribution >= 0.6 is 0 Å². The summed E-state index contributed by atoms with van der Waals surface area (Å²) in [5, 5.41) is 9.11. The van der Waals surface area contributed by atoms with Crippen LogP contribution in [-0.2, 0) is 0 Å². The standard InChI is InChI=1S/C9H14O/c1-7(2)5-9(10)6-8(3)4/h5-6,10H,1H2,2-4H3/b9-5+. The lowest BCUT2D eigenvalue weighted by atomic mass is 10.2. The Bertz CT molecular complexity index is 181. The third-order valence-corrected chi connectivity index (χ3v) is 0.831. The van der Waals surface area contributed by atoms with Crippen LogP contribution in [0.1, 0.15) is 20.8 Å². The Morgan fingerprint density at radius 1 is 1.20 bits per heavy atom. The van der Waals surface area contributed by atoms with Gasteiger partial charge >= 0.3 is 0 Å². The Hall–Kier alpha value is -0.980. The number of allylic oxidation sites excluding steroid dienone is 4. The molecular weight excluding hydrogens is 124 g/mol. The predicted octanol–water partition coefficient (Wildman–Crippen LogP) is 2.97. The molecule has 0 atom stereocenters. The second kappa shape index (κ2) is 3.94. The molecular formula is C9H14O. The van der Waals surface area contributed by atoms with Crippen LogP contribution in [-0.4, -0.2) is 5.11 Å². The van der Waals surface area contributed by atoms with Gasteiger partial charge in [0, 0.05) is 0 Å². The highest BCUT2D eigenvalue weighted by Gasteiger charge is 1.85. The third kappa shape index (κ3) is 5.16. The highest BCUT2D eigenvalue weighted by Crippen LogP contribution is 2.01. The van der Waals surface area contributed by atoms with Crippen molar-refractivity contribution in [3.63, 3.8) is 0 Å². The maximum absolute atomic E-state index is 9.11. The average molecular weight is 138 g/mol. The van der Waals surface area contributed by atoms with Crippen molar-refractivity contribution in [1.82, 2.24) is 0 Å². The number of hydrogen-bond acceptors (Lipinski definition) is 1. The van der Waals surface area contributed by atoms with E-state index in [4.69, 9.17) is 5.11 Å². The highest BCUT2D eigenvalue weighted by molar-refractivity contribution is 5.23. The van der Waals surface area contributed by atoms with Gasteiger partial charge in [0.05, 0.1) is 0 Å². The fourth-order valence-electron chi connectivity index (χ4n) is 0.590. The summed E-state index contributed by atoms with van der Waals surface area (Å²) in [7, 11) is 0. The molecule has 0 rings (SSSR count). The molecule has 0 aromatic rings. The molecule has 0 aliphatic heterocycles. The van der Waals surface area contributed by atoms with Gasteiger partial charge in [-0.25, -0.2) is 0 Å². The molecule has 0 saturated heterocycles. The van der Waals surface area contributed by atoms with Gasteiger partial charge in [0.15, 0.2) is 0 Å². The van der Waals surface area contributed by atoms with Crippen molar-refractivity contribution in [2.24, 2.45) is 0 Å². The molecule has 0 heterocycles. The Kier molecular flexibility index (Phi) is 3.55. The molecule has 0 aliphatic rings. The van der Waals surface area contributed by atoms with Crippen molar-refractivity contribution in [3.8, 4) is 0 Å². The van der Waals surface area contributed by atoms with E-state index >= 15 is 0 Å². The van der Waals surface area contributed by atoms with Crippen molar-refractivity contribution < 1.29 is 5.11 Å². The summed E-state index contributed by atoms with van der Waals surface area (Å²) in [4.78, 5) is 0. The first kappa shape index (κ1) is 9.02. The summed E-state index contributed by atoms with van der Waals surface area (Å²) in [5.74, 6) is 0.271. The van der Waals surface area contributed by atoms with Crippen molar-refractivity contribution in [1.29, 1.82) is 0 Å². The Balaban J connectivity index is 4.22. The monoisotopic (exact) mass is 138 g/mol. The highest BCUT2D eigenvalue weighted by atomic mass is 16.3. The van der Waals surface area contributed by atoms with Crippen LogP contribution in [0.4, 0.5) is 0 Å². The smallest absolute Gasteiger partial charge is 0.115 e. The van der Waals surface area contributed by atoms with Crippen LogP contribution in [0, 0.1) is 0 Å². The molecule has 0 saturated carbocycles. The van der Waals surface area contributed by atoms with Gasteiger partial charge in [0.2, 0.25) is 0 Å². The van der Waals surface area contributed by atoms with Crippen LogP contribution in [0.3, 0.4) is 0 Å². The quantitative estimate of drug-likeness (QED) is 0.459.